The monoisotopic (exact) mass is 502 g/mol. The van der Waals surface area contributed by atoms with Gasteiger partial charge >= 0.3 is 0 Å². The van der Waals surface area contributed by atoms with Crippen LogP contribution in [0.15, 0.2) is 49.2 Å². The molecule has 0 atom stereocenters. The first-order valence-corrected chi connectivity index (χ1v) is 12.2. The van der Waals surface area contributed by atoms with Gasteiger partial charge in [0, 0.05) is 41.1 Å². The molecule has 8 nitrogen and oxygen atoms in total. The third kappa shape index (κ3) is 3.91. The van der Waals surface area contributed by atoms with Crippen molar-refractivity contribution in [2.75, 3.05) is 6.54 Å². The Morgan fingerprint density at radius 3 is 2.72 bits per heavy atom. The number of thiophene rings is 1. The van der Waals surface area contributed by atoms with E-state index in [0.29, 0.717) is 50.6 Å². The third-order valence-electron chi connectivity index (χ3n) is 5.83. The highest BCUT2D eigenvalue weighted by Gasteiger charge is 2.21. The van der Waals surface area contributed by atoms with Crippen molar-refractivity contribution in [2.24, 2.45) is 0 Å². The number of halogens is 2. The van der Waals surface area contributed by atoms with Crippen molar-refractivity contribution in [1.29, 1.82) is 0 Å². The standard InChI is InChI=1S/C25H20F2N8S/c1-2-5-28-7-13-6-14(9-29-8-13)22-21(27)20-16(12-31-22)34-35-24(20)25-32-17-11-30-10-15(23(17)33-25)18-3-4-19(26)36-18/h3-4,6,8-12,28H,2,5,7H2,1H3,(H,32,33)(H,34,35). The second kappa shape index (κ2) is 9.17. The zero-order chi connectivity index (χ0) is 24.6. The number of nitrogens with one attached hydrogen (secondary N) is 3. The van der Waals surface area contributed by atoms with Crippen LogP contribution in [-0.4, -0.2) is 41.7 Å². The van der Waals surface area contributed by atoms with Gasteiger partial charge in [-0.15, -0.1) is 11.3 Å². The molecule has 6 heterocycles. The number of H-pyrrole nitrogens is 2. The summed E-state index contributed by atoms with van der Waals surface area (Å²) >= 11 is 1.01. The second-order valence-electron chi connectivity index (χ2n) is 8.31. The molecule has 0 aromatic carbocycles. The van der Waals surface area contributed by atoms with Crippen LogP contribution >= 0.6 is 11.3 Å². The van der Waals surface area contributed by atoms with Crippen LogP contribution in [0.1, 0.15) is 18.9 Å². The summed E-state index contributed by atoms with van der Waals surface area (Å²) in [5.74, 6) is -0.148. The molecule has 36 heavy (non-hydrogen) atoms. The molecule has 0 aliphatic heterocycles. The van der Waals surface area contributed by atoms with E-state index in [0.717, 1.165) is 29.9 Å². The van der Waals surface area contributed by atoms with Crippen LogP contribution in [0.25, 0.3) is 55.2 Å². The summed E-state index contributed by atoms with van der Waals surface area (Å²) in [5, 5.41) is 10.5. The first kappa shape index (κ1) is 22.4. The smallest absolute Gasteiger partial charge is 0.176 e. The summed E-state index contributed by atoms with van der Waals surface area (Å²) in [7, 11) is 0. The zero-order valence-electron chi connectivity index (χ0n) is 19.1. The Morgan fingerprint density at radius 2 is 1.89 bits per heavy atom. The third-order valence-corrected chi connectivity index (χ3v) is 6.73. The van der Waals surface area contributed by atoms with Crippen LogP contribution in [0, 0.1) is 10.9 Å². The molecule has 6 aromatic rings. The van der Waals surface area contributed by atoms with Crippen LogP contribution in [0.2, 0.25) is 0 Å². The number of nitrogens with zero attached hydrogens (tertiary/aromatic N) is 5. The van der Waals surface area contributed by atoms with Gasteiger partial charge in [0.15, 0.2) is 16.8 Å². The maximum Gasteiger partial charge on any atom is 0.176 e. The molecule has 0 fully saturated rings. The number of imidazole rings is 1. The maximum atomic E-state index is 15.9. The van der Waals surface area contributed by atoms with E-state index < -0.39 is 5.82 Å². The highest BCUT2D eigenvalue weighted by atomic mass is 32.1. The first-order chi connectivity index (χ1) is 17.6. The van der Waals surface area contributed by atoms with Gasteiger partial charge in [-0.2, -0.15) is 9.49 Å². The van der Waals surface area contributed by atoms with Crippen molar-refractivity contribution in [2.45, 2.75) is 19.9 Å². The molecule has 0 aliphatic carbocycles. The molecule has 0 spiro atoms. The van der Waals surface area contributed by atoms with E-state index in [-0.39, 0.29) is 16.2 Å². The molecule has 0 saturated heterocycles. The molecule has 3 N–H and O–H groups in total. The molecule has 0 amide bonds. The summed E-state index contributed by atoms with van der Waals surface area (Å²) in [6, 6.07) is 4.97. The minimum atomic E-state index is -0.518. The van der Waals surface area contributed by atoms with Crippen molar-refractivity contribution < 1.29 is 8.78 Å². The number of hydrogen-bond acceptors (Lipinski definition) is 7. The van der Waals surface area contributed by atoms with Gasteiger partial charge in [-0.05, 0) is 36.7 Å². The van der Waals surface area contributed by atoms with Crippen molar-refractivity contribution in [3.05, 3.63) is 65.7 Å². The minimum Gasteiger partial charge on any atom is -0.335 e. The molecule has 0 radical (unpaired) electrons. The van der Waals surface area contributed by atoms with E-state index in [9.17, 15) is 4.39 Å². The molecular weight excluding hydrogens is 482 g/mol. The van der Waals surface area contributed by atoms with Crippen molar-refractivity contribution >= 4 is 33.3 Å². The van der Waals surface area contributed by atoms with E-state index in [1.807, 2.05) is 6.07 Å². The van der Waals surface area contributed by atoms with E-state index >= 15 is 4.39 Å². The number of aromatic nitrogens is 7. The van der Waals surface area contributed by atoms with Gasteiger partial charge in [-0.3, -0.25) is 20.1 Å². The molecule has 0 saturated carbocycles. The summed E-state index contributed by atoms with van der Waals surface area (Å²) in [4.78, 5) is 21.4. The summed E-state index contributed by atoms with van der Waals surface area (Å²) in [5.41, 5.74) is 4.39. The lowest BCUT2D eigenvalue weighted by Gasteiger charge is -2.07. The zero-order valence-corrected chi connectivity index (χ0v) is 20.0. The SMILES string of the molecule is CCCNCc1cncc(-c2ncc3[nH]nc(-c4nc5c(-c6ccc(F)s6)cncc5[nH]4)c3c2F)c1. The maximum absolute atomic E-state index is 15.9. The fourth-order valence-electron chi connectivity index (χ4n) is 4.16. The van der Waals surface area contributed by atoms with Crippen LogP contribution in [0.4, 0.5) is 8.78 Å². The quantitative estimate of drug-likeness (QED) is 0.250. The average Bonchev–Trinajstić information content (AvgIpc) is 3.62. The number of rotatable bonds is 7. The van der Waals surface area contributed by atoms with E-state index in [1.54, 1.807) is 37.1 Å². The van der Waals surface area contributed by atoms with E-state index in [4.69, 9.17) is 0 Å². The Balaban J connectivity index is 1.44. The van der Waals surface area contributed by atoms with Crippen LogP contribution < -0.4 is 5.32 Å². The Hall–Kier alpha value is -4.09. The molecule has 0 bridgehead atoms. The van der Waals surface area contributed by atoms with Gasteiger partial charge in [0.05, 0.1) is 28.8 Å². The Labute approximate surface area is 207 Å². The van der Waals surface area contributed by atoms with Crippen molar-refractivity contribution in [1.82, 2.24) is 40.4 Å². The topological polar surface area (TPSA) is 108 Å². The molecule has 11 heteroatoms. The van der Waals surface area contributed by atoms with Crippen LogP contribution in [0.3, 0.4) is 0 Å². The minimum absolute atomic E-state index is 0.183. The fraction of sp³-hybridized carbons (Fsp3) is 0.160. The molecule has 6 rings (SSSR count). The lowest BCUT2D eigenvalue weighted by molar-refractivity contribution is 0.638. The number of hydrogen-bond donors (Lipinski definition) is 3. The van der Waals surface area contributed by atoms with Crippen molar-refractivity contribution in [3.63, 3.8) is 0 Å². The number of pyridine rings is 3. The molecular formula is C25H20F2N8S. The molecule has 0 unspecified atom stereocenters. The lowest BCUT2D eigenvalue weighted by Crippen LogP contribution is -2.13. The Kier molecular flexibility index (Phi) is 5.70. The van der Waals surface area contributed by atoms with Crippen molar-refractivity contribution in [3.8, 4) is 33.2 Å². The largest absolute Gasteiger partial charge is 0.335 e. The highest BCUT2D eigenvalue weighted by molar-refractivity contribution is 7.14. The normalized spacial score (nSPS) is 11.6. The second-order valence-corrected chi connectivity index (χ2v) is 9.35. The summed E-state index contributed by atoms with van der Waals surface area (Å²) in [6.07, 6.45) is 9.19. The summed E-state index contributed by atoms with van der Waals surface area (Å²) < 4.78 is 29.6. The number of aromatic amines is 2. The lowest BCUT2D eigenvalue weighted by atomic mass is 10.1. The summed E-state index contributed by atoms with van der Waals surface area (Å²) in [6.45, 7) is 3.62. The molecule has 180 valence electrons. The van der Waals surface area contributed by atoms with Crippen LogP contribution in [0.5, 0.6) is 0 Å². The van der Waals surface area contributed by atoms with Gasteiger partial charge in [0.2, 0.25) is 0 Å². The van der Waals surface area contributed by atoms with Gasteiger partial charge in [0.25, 0.3) is 0 Å². The van der Waals surface area contributed by atoms with E-state index in [1.165, 1.54) is 6.07 Å². The highest BCUT2D eigenvalue weighted by Crippen LogP contribution is 2.35. The van der Waals surface area contributed by atoms with Gasteiger partial charge < -0.3 is 10.3 Å². The Bertz CT molecular complexity index is 1700. The van der Waals surface area contributed by atoms with Gasteiger partial charge in [-0.25, -0.2) is 9.37 Å². The average molecular weight is 503 g/mol. The Morgan fingerprint density at radius 1 is 1.00 bits per heavy atom. The predicted octanol–water partition coefficient (Wildman–Crippen LogP) is 5.46. The van der Waals surface area contributed by atoms with Gasteiger partial charge in [0.1, 0.15) is 16.9 Å². The number of fused-ring (bicyclic) bond motifs is 2. The predicted molar refractivity (Wildman–Crippen MR) is 135 cm³/mol. The molecule has 6 aromatic heterocycles. The van der Waals surface area contributed by atoms with E-state index in [2.05, 4.69) is 47.4 Å². The molecule has 0 aliphatic rings. The van der Waals surface area contributed by atoms with Crippen LogP contribution in [-0.2, 0) is 6.54 Å². The van der Waals surface area contributed by atoms with Gasteiger partial charge in [-0.1, -0.05) is 6.92 Å². The fourth-order valence-corrected chi connectivity index (χ4v) is 4.90. The first-order valence-electron chi connectivity index (χ1n) is 11.4.